The van der Waals surface area contributed by atoms with Gasteiger partial charge in [0.2, 0.25) is 5.95 Å². The van der Waals surface area contributed by atoms with E-state index in [1.165, 1.54) is 5.69 Å². The first-order valence-corrected chi connectivity index (χ1v) is 11.9. The Balaban J connectivity index is 1.45. The minimum atomic E-state index is 0.545. The van der Waals surface area contributed by atoms with Crippen molar-refractivity contribution in [3.8, 4) is 17.0 Å². The number of anilines is 3. The van der Waals surface area contributed by atoms with Gasteiger partial charge in [0.25, 0.3) is 0 Å². The third-order valence-corrected chi connectivity index (χ3v) is 6.16. The molecule has 1 N–H and O–H groups in total. The van der Waals surface area contributed by atoms with E-state index in [1.54, 1.807) is 6.20 Å². The lowest BCUT2D eigenvalue weighted by Crippen LogP contribution is -2.44. The van der Waals surface area contributed by atoms with Crippen LogP contribution in [0, 0.1) is 0 Å². The van der Waals surface area contributed by atoms with Crippen molar-refractivity contribution in [3.63, 3.8) is 0 Å². The van der Waals surface area contributed by atoms with Crippen LogP contribution < -0.4 is 15.0 Å². The maximum Gasteiger partial charge on any atom is 0.227 e. The number of hydrogen-bond acceptors (Lipinski definition) is 7. The van der Waals surface area contributed by atoms with Gasteiger partial charge in [-0.3, -0.25) is 0 Å². The molecule has 0 saturated carbocycles. The molecular formula is C27H31N5O2. The van der Waals surface area contributed by atoms with Crippen molar-refractivity contribution in [3.05, 3.63) is 72.4 Å². The van der Waals surface area contributed by atoms with Crippen LogP contribution >= 0.6 is 0 Å². The zero-order valence-corrected chi connectivity index (χ0v) is 19.6. The molecular weight excluding hydrogens is 426 g/mol. The Bertz CT molecular complexity index is 1140. The molecule has 0 aliphatic carbocycles. The highest BCUT2D eigenvalue weighted by Crippen LogP contribution is 2.28. The van der Waals surface area contributed by atoms with Gasteiger partial charge >= 0.3 is 0 Å². The minimum absolute atomic E-state index is 0.545. The van der Waals surface area contributed by atoms with Crippen molar-refractivity contribution in [2.75, 3.05) is 56.7 Å². The van der Waals surface area contributed by atoms with Crippen molar-refractivity contribution in [1.82, 2.24) is 14.9 Å². The number of nitrogens with zero attached hydrogens (tertiary/aromatic N) is 4. The Morgan fingerprint density at radius 2 is 1.88 bits per heavy atom. The van der Waals surface area contributed by atoms with Gasteiger partial charge in [-0.25, -0.2) is 9.97 Å². The number of likely N-dealkylation sites (N-methyl/N-ethyl adjacent to an activating group) is 1. The van der Waals surface area contributed by atoms with E-state index in [-0.39, 0.29) is 0 Å². The van der Waals surface area contributed by atoms with Crippen LogP contribution in [0.4, 0.5) is 17.3 Å². The van der Waals surface area contributed by atoms with Crippen molar-refractivity contribution in [2.45, 2.75) is 13.0 Å². The van der Waals surface area contributed by atoms with Gasteiger partial charge in [-0.05, 0) is 49.9 Å². The number of nitrogens with one attached hydrogen (secondary N) is 1. The number of rotatable bonds is 1. The van der Waals surface area contributed by atoms with Crippen molar-refractivity contribution >= 4 is 17.3 Å². The summed E-state index contributed by atoms with van der Waals surface area (Å²) >= 11 is 0. The lowest BCUT2D eigenvalue weighted by molar-refractivity contribution is 0.148. The molecule has 2 aromatic carbocycles. The van der Waals surface area contributed by atoms with E-state index in [9.17, 15) is 0 Å². The molecule has 0 atom stereocenters. The molecule has 0 unspecified atom stereocenters. The van der Waals surface area contributed by atoms with Crippen LogP contribution in [0.15, 0.2) is 66.9 Å². The Morgan fingerprint density at radius 1 is 0.971 bits per heavy atom. The number of aromatic nitrogens is 2. The van der Waals surface area contributed by atoms with Gasteiger partial charge in [0.05, 0.1) is 25.5 Å². The molecule has 1 aromatic heterocycles. The van der Waals surface area contributed by atoms with Crippen LogP contribution in [-0.4, -0.2) is 61.3 Å². The van der Waals surface area contributed by atoms with Gasteiger partial charge in [0, 0.05) is 54.9 Å². The number of ether oxygens (including phenoxy) is 2. The maximum absolute atomic E-state index is 6.03. The molecule has 2 aliphatic heterocycles. The Hall–Kier alpha value is -3.42. The van der Waals surface area contributed by atoms with Crippen molar-refractivity contribution < 1.29 is 9.47 Å². The summed E-state index contributed by atoms with van der Waals surface area (Å²) in [6.45, 7) is 5.89. The van der Waals surface area contributed by atoms with E-state index in [1.807, 2.05) is 30.3 Å². The molecule has 0 amide bonds. The summed E-state index contributed by atoms with van der Waals surface area (Å²) < 4.78 is 12.0. The number of benzene rings is 2. The fourth-order valence-corrected chi connectivity index (χ4v) is 4.26. The van der Waals surface area contributed by atoms with E-state index >= 15 is 0 Å². The smallest absolute Gasteiger partial charge is 0.227 e. The molecule has 6 bridgehead atoms. The average Bonchev–Trinajstić information content (AvgIpc) is 2.86. The van der Waals surface area contributed by atoms with Crippen LogP contribution in [0.2, 0.25) is 0 Å². The fraction of sp³-hybridized carbons (Fsp3) is 0.333. The summed E-state index contributed by atoms with van der Waals surface area (Å²) in [5.74, 6) is 1.40. The molecule has 7 heteroatoms. The molecule has 1 saturated heterocycles. The van der Waals surface area contributed by atoms with Crippen LogP contribution in [0.25, 0.3) is 11.3 Å². The van der Waals surface area contributed by atoms with Crippen molar-refractivity contribution in [1.29, 1.82) is 0 Å². The minimum Gasteiger partial charge on any atom is -0.493 e. The average molecular weight is 458 g/mol. The molecule has 3 heterocycles. The highest BCUT2D eigenvalue weighted by Gasteiger charge is 2.18. The highest BCUT2D eigenvalue weighted by atomic mass is 16.5. The predicted molar refractivity (Wildman–Crippen MR) is 136 cm³/mol. The van der Waals surface area contributed by atoms with Crippen LogP contribution in [0.1, 0.15) is 12.0 Å². The third-order valence-electron chi connectivity index (χ3n) is 6.16. The van der Waals surface area contributed by atoms with E-state index in [0.29, 0.717) is 25.8 Å². The lowest BCUT2D eigenvalue weighted by atomic mass is 10.1. The fourth-order valence-electron chi connectivity index (χ4n) is 4.26. The largest absolute Gasteiger partial charge is 0.493 e. The topological polar surface area (TPSA) is 62.8 Å². The van der Waals surface area contributed by atoms with Crippen LogP contribution in [0.3, 0.4) is 0 Å². The standard InChI is InChI=1S/C27H31N5O2/c1-31-12-14-32(15-13-31)26-9-8-23-18-22(26)20-33-16-3-2-4-17-34-24-7-5-6-21(19-24)25-10-11-28-27(29-23)30-25/h2-3,5-11,18-19H,4,12-17,20H2,1H3,(H,28,29,30). The molecule has 1 fully saturated rings. The van der Waals surface area contributed by atoms with E-state index in [0.717, 1.165) is 60.9 Å². The summed E-state index contributed by atoms with van der Waals surface area (Å²) in [5, 5.41) is 3.38. The van der Waals surface area contributed by atoms with Crippen LogP contribution in [0.5, 0.6) is 5.75 Å². The molecule has 0 radical (unpaired) electrons. The van der Waals surface area contributed by atoms with Gasteiger partial charge in [0.15, 0.2) is 0 Å². The molecule has 7 nitrogen and oxygen atoms in total. The second-order valence-electron chi connectivity index (χ2n) is 8.68. The van der Waals surface area contributed by atoms with Gasteiger partial charge in [-0.15, -0.1) is 0 Å². The Morgan fingerprint density at radius 3 is 2.79 bits per heavy atom. The Labute approximate surface area is 201 Å². The maximum atomic E-state index is 6.03. The zero-order chi connectivity index (χ0) is 23.2. The van der Waals surface area contributed by atoms with Gasteiger partial charge < -0.3 is 24.6 Å². The number of fused-ring (bicyclic) bond motifs is 7. The predicted octanol–water partition coefficient (Wildman–Crippen LogP) is 4.49. The van der Waals surface area contributed by atoms with Crippen LogP contribution in [-0.2, 0) is 11.3 Å². The number of hydrogen-bond donors (Lipinski definition) is 1. The molecule has 176 valence electrons. The summed E-state index contributed by atoms with van der Waals surface area (Å²) in [6, 6.07) is 16.4. The summed E-state index contributed by atoms with van der Waals surface area (Å²) in [5.41, 5.74) is 5.19. The first kappa shape index (κ1) is 22.4. The van der Waals surface area contributed by atoms with Crippen molar-refractivity contribution in [2.24, 2.45) is 0 Å². The zero-order valence-electron chi connectivity index (χ0n) is 19.6. The molecule has 5 rings (SSSR count). The molecule has 3 aromatic rings. The lowest BCUT2D eigenvalue weighted by Gasteiger charge is -2.35. The summed E-state index contributed by atoms with van der Waals surface area (Å²) in [4.78, 5) is 14.0. The third kappa shape index (κ3) is 5.55. The molecule has 34 heavy (non-hydrogen) atoms. The number of piperazine rings is 1. The monoisotopic (exact) mass is 457 g/mol. The molecule has 2 aliphatic rings. The summed E-state index contributed by atoms with van der Waals surface area (Å²) in [6.07, 6.45) is 6.80. The second kappa shape index (κ2) is 10.7. The van der Waals surface area contributed by atoms with E-state index < -0.39 is 0 Å². The normalized spacial score (nSPS) is 17.3. The first-order valence-electron chi connectivity index (χ1n) is 11.9. The summed E-state index contributed by atoms with van der Waals surface area (Å²) in [7, 11) is 2.18. The van der Waals surface area contributed by atoms with E-state index in [4.69, 9.17) is 14.5 Å². The Kier molecular flexibility index (Phi) is 7.02. The SMILES string of the molecule is CN1CCN(c2ccc3cc2COCC=CCCOc2cccc(c2)-c2ccnc(n2)N3)CC1. The van der Waals surface area contributed by atoms with Gasteiger partial charge in [-0.1, -0.05) is 24.3 Å². The van der Waals surface area contributed by atoms with Gasteiger partial charge in [-0.2, -0.15) is 0 Å². The quantitative estimate of drug-likeness (QED) is 0.540. The van der Waals surface area contributed by atoms with Gasteiger partial charge in [0.1, 0.15) is 5.75 Å². The molecule has 0 spiro atoms. The highest BCUT2D eigenvalue weighted by molar-refractivity contribution is 5.66. The second-order valence-corrected chi connectivity index (χ2v) is 8.68. The first-order chi connectivity index (χ1) is 16.7. The van der Waals surface area contributed by atoms with E-state index in [2.05, 4.69) is 57.5 Å².